The highest BCUT2D eigenvalue weighted by Gasteiger charge is 2.36. The van der Waals surface area contributed by atoms with Crippen LogP contribution in [0.5, 0.6) is 0 Å². The first-order chi connectivity index (χ1) is 8.62. The van der Waals surface area contributed by atoms with Crippen molar-refractivity contribution >= 4 is 11.0 Å². The number of hydrogen-bond donors (Lipinski definition) is 1. The van der Waals surface area contributed by atoms with Crippen LogP contribution < -0.4 is 5.73 Å². The van der Waals surface area contributed by atoms with Gasteiger partial charge >= 0.3 is 0 Å². The predicted octanol–water partition coefficient (Wildman–Crippen LogP) is 2.74. The molecule has 96 valence electrons. The Morgan fingerprint density at radius 1 is 1.33 bits per heavy atom. The number of imidazole rings is 1. The molecular weight excluding hydrogens is 224 g/mol. The van der Waals surface area contributed by atoms with Gasteiger partial charge in [0, 0.05) is 12.2 Å². The number of hydrogen-bond acceptors (Lipinski definition) is 3. The molecular formula is C14H20N4. The molecule has 1 fully saturated rings. The fourth-order valence-corrected chi connectivity index (χ4v) is 3.05. The lowest BCUT2D eigenvalue weighted by Gasteiger charge is -2.26. The lowest BCUT2D eigenvalue weighted by molar-refractivity contribution is 0.398. The quantitative estimate of drug-likeness (QED) is 0.883. The molecule has 0 saturated heterocycles. The monoisotopic (exact) mass is 244 g/mol. The molecule has 0 spiro atoms. The van der Waals surface area contributed by atoms with Crippen molar-refractivity contribution in [2.45, 2.75) is 51.1 Å². The Morgan fingerprint density at radius 3 is 2.72 bits per heavy atom. The molecule has 0 aliphatic heterocycles. The summed E-state index contributed by atoms with van der Waals surface area (Å²) in [6.45, 7) is 4.37. The van der Waals surface area contributed by atoms with E-state index in [2.05, 4.69) is 23.4 Å². The number of fused-ring (bicyclic) bond motifs is 1. The van der Waals surface area contributed by atoms with E-state index in [1.165, 1.54) is 12.8 Å². The molecule has 2 aromatic rings. The van der Waals surface area contributed by atoms with Gasteiger partial charge in [-0.15, -0.1) is 0 Å². The molecule has 3 rings (SSSR count). The summed E-state index contributed by atoms with van der Waals surface area (Å²) < 4.78 is 2.28. The first kappa shape index (κ1) is 11.7. The number of nitrogens with two attached hydrogens (primary N) is 1. The molecule has 1 aliphatic carbocycles. The van der Waals surface area contributed by atoms with E-state index in [0.717, 1.165) is 29.7 Å². The molecule has 0 bridgehead atoms. The molecule has 2 N–H and O–H groups in total. The largest absolute Gasteiger partial charge is 0.324 e. The van der Waals surface area contributed by atoms with Crippen LogP contribution in [-0.2, 0) is 5.54 Å². The SMILES string of the molecule is CC(C)n1c(C2(N)CCCC2)nc2cnccc21. The maximum atomic E-state index is 6.58. The van der Waals surface area contributed by atoms with E-state index in [1.807, 2.05) is 18.5 Å². The Bertz CT molecular complexity index is 564. The zero-order valence-corrected chi connectivity index (χ0v) is 11.1. The fourth-order valence-electron chi connectivity index (χ4n) is 3.05. The molecule has 0 aromatic carbocycles. The molecule has 0 unspecified atom stereocenters. The number of pyridine rings is 1. The summed E-state index contributed by atoms with van der Waals surface area (Å²) in [7, 11) is 0. The summed E-state index contributed by atoms with van der Waals surface area (Å²) in [4.78, 5) is 8.92. The minimum Gasteiger partial charge on any atom is -0.324 e. The zero-order chi connectivity index (χ0) is 12.8. The van der Waals surface area contributed by atoms with E-state index < -0.39 is 0 Å². The van der Waals surface area contributed by atoms with Gasteiger partial charge in [-0.25, -0.2) is 4.98 Å². The third-order valence-electron chi connectivity index (χ3n) is 3.95. The summed E-state index contributed by atoms with van der Waals surface area (Å²) in [5.41, 5.74) is 8.43. The van der Waals surface area contributed by atoms with Crippen LogP contribution in [0.4, 0.5) is 0 Å². The molecule has 1 saturated carbocycles. The Hall–Kier alpha value is -1.42. The van der Waals surface area contributed by atoms with Gasteiger partial charge in [-0.2, -0.15) is 0 Å². The van der Waals surface area contributed by atoms with E-state index in [0.29, 0.717) is 6.04 Å². The van der Waals surface area contributed by atoms with Crippen LogP contribution in [0.2, 0.25) is 0 Å². The lowest BCUT2D eigenvalue weighted by atomic mass is 9.98. The maximum absolute atomic E-state index is 6.58. The second kappa shape index (κ2) is 4.05. The molecule has 18 heavy (non-hydrogen) atoms. The molecule has 4 heteroatoms. The predicted molar refractivity (Wildman–Crippen MR) is 72.2 cm³/mol. The van der Waals surface area contributed by atoms with Crippen molar-refractivity contribution < 1.29 is 0 Å². The van der Waals surface area contributed by atoms with Crippen LogP contribution in [0.3, 0.4) is 0 Å². The highest BCUT2D eigenvalue weighted by molar-refractivity contribution is 5.75. The van der Waals surface area contributed by atoms with Crippen molar-refractivity contribution in [3.63, 3.8) is 0 Å². The van der Waals surface area contributed by atoms with Gasteiger partial charge in [0.05, 0.1) is 17.3 Å². The van der Waals surface area contributed by atoms with E-state index >= 15 is 0 Å². The first-order valence-corrected chi connectivity index (χ1v) is 6.73. The number of aromatic nitrogens is 3. The van der Waals surface area contributed by atoms with Gasteiger partial charge in [0.1, 0.15) is 11.3 Å². The maximum Gasteiger partial charge on any atom is 0.130 e. The van der Waals surface area contributed by atoms with Crippen molar-refractivity contribution in [1.29, 1.82) is 0 Å². The average Bonchev–Trinajstić information content (AvgIpc) is 2.93. The third kappa shape index (κ3) is 1.63. The molecule has 1 aliphatic rings. The lowest BCUT2D eigenvalue weighted by Crippen LogP contribution is -2.36. The van der Waals surface area contributed by atoms with Crippen molar-refractivity contribution in [1.82, 2.24) is 14.5 Å². The fraction of sp³-hybridized carbons (Fsp3) is 0.571. The topological polar surface area (TPSA) is 56.7 Å². The van der Waals surface area contributed by atoms with Crippen LogP contribution in [0.25, 0.3) is 11.0 Å². The van der Waals surface area contributed by atoms with Gasteiger partial charge in [0.2, 0.25) is 0 Å². The van der Waals surface area contributed by atoms with Gasteiger partial charge in [-0.3, -0.25) is 4.98 Å². The molecule has 2 aromatic heterocycles. The van der Waals surface area contributed by atoms with Crippen LogP contribution >= 0.6 is 0 Å². The average molecular weight is 244 g/mol. The number of rotatable bonds is 2. The van der Waals surface area contributed by atoms with E-state index in [-0.39, 0.29) is 5.54 Å². The van der Waals surface area contributed by atoms with Crippen molar-refractivity contribution in [3.05, 3.63) is 24.3 Å². The summed E-state index contributed by atoms with van der Waals surface area (Å²) >= 11 is 0. The van der Waals surface area contributed by atoms with Crippen LogP contribution in [-0.4, -0.2) is 14.5 Å². The van der Waals surface area contributed by atoms with Crippen molar-refractivity contribution in [2.24, 2.45) is 5.73 Å². The minimum atomic E-state index is -0.247. The van der Waals surface area contributed by atoms with Gasteiger partial charge in [-0.1, -0.05) is 12.8 Å². The molecule has 0 atom stereocenters. The van der Waals surface area contributed by atoms with Gasteiger partial charge < -0.3 is 10.3 Å². The summed E-state index contributed by atoms with van der Waals surface area (Å²) in [6, 6.07) is 2.40. The number of nitrogens with zero attached hydrogens (tertiary/aromatic N) is 3. The zero-order valence-electron chi connectivity index (χ0n) is 11.1. The molecule has 4 nitrogen and oxygen atoms in total. The second-order valence-corrected chi connectivity index (χ2v) is 5.63. The summed E-state index contributed by atoms with van der Waals surface area (Å²) in [5, 5.41) is 0. The van der Waals surface area contributed by atoms with Crippen molar-refractivity contribution in [3.8, 4) is 0 Å². The normalized spacial score (nSPS) is 18.9. The van der Waals surface area contributed by atoms with Crippen LogP contribution in [0, 0.1) is 0 Å². The molecule has 0 radical (unpaired) electrons. The smallest absolute Gasteiger partial charge is 0.130 e. The first-order valence-electron chi connectivity index (χ1n) is 6.73. The van der Waals surface area contributed by atoms with Gasteiger partial charge in [0.25, 0.3) is 0 Å². The molecule has 0 amide bonds. The third-order valence-corrected chi connectivity index (χ3v) is 3.95. The molecule has 2 heterocycles. The Labute approximate surface area is 107 Å². The highest BCUT2D eigenvalue weighted by atomic mass is 15.1. The second-order valence-electron chi connectivity index (χ2n) is 5.63. The Kier molecular flexibility index (Phi) is 2.63. The van der Waals surface area contributed by atoms with Crippen molar-refractivity contribution in [2.75, 3.05) is 0 Å². The van der Waals surface area contributed by atoms with Crippen LogP contribution in [0.15, 0.2) is 18.5 Å². The standard InChI is InChI=1S/C14H20N4/c1-10(2)18-12-5-8-16-9-11(12)17-13(18)14(15)6-3-4-7-14/h5,8-10H,3-4,6-7,15H2,1-2H3. The highest BCUT2D eigenvalue weighted by Crippen LogP contribution is 2.38. The minimum absolute atomic E-state index is 0.247. The van der Waals surface area contributed by atoms with Gasteiger partial charge in [0.15, 0.2) is 0 Å². The van der Waals surface area contributed by atoms with E-state index in [1.54, 1.807) is 0 Å². The van der Waals surface area contributed by atoms with E-state index in [4.69, 9.17) is 10.7 Å². The Morgan fingerprint density at radius 2 is 2.06 bits per heavy atom. The van der Waals surface area contributed by atoms with E-state index in [9.17, 15) is 0 Å². The summed E-state index contributed by atoms with van der Waals surface area (Å²) in [5.74, 6) is 1.04. The Balaban J connectivity index is 2.24. The van der Waals surface area contributed by atoms with Crippen LogP contribution in [0.1, 0.15) is 51.4 Å². The van der Waals surface area contributed by atoms with Gasteiger partial charge in [-0.05, 0) is 32.8 Å². The summed E-state index contributed by atoms with van der Waals surface area (Å²) in [6.07, 6.45) is 8.14.